The van der Waals surface area contributed by atoms with Crippen LogP contribution >= 0.6 is 22.9 Å². The van der Waals surface area contributed by atoms with Crippen LogP contribution in [0.15, 0.2) is 0 Å². The van der Waals surface area contributed by atoms with Gasteiger partial charge in [0.25, 0.3) is 0 Å². The van der Waals surface area contributed by atoms with Gasteiger partial charge >= 0.3 is 6.09 Å². The van der Waals surface area contributed by atoms with Crippen LogP contribution in [0.3, 0.4) is 0 Å². The average molecular weight is 479 g/mol. The fraction of sp³-hybridized carbons (Fsp3) is 0.708. The van der Waals surface area contributed by atoms with Gasteiger partial charge in [0, 0.05) is 31.1 Å². The number of amides is 1. The quantitative estimate of drug-likeness (QED) is 0.474. The number of carbonyl (C=O) groups is 1. The Morgan fingerprint density at radius 2 is 1.84 bits per heavy atom. The van der Waals surface area contributed by atoms with Crippen LogP contribution < -0.4 is 4.90 Å². The minimum Gasteiger partial charge on any atom is -0.444 e. The van der Waals surface area contributed by atoms with Gasteiger partial charge in [0.1, 0.15) is 16.2 Å². The highest BCUT2D eigenvalue weighted by Gasteiger charge is 2.33. The summed E-state index contributed by atoms with van der Waals surface area (Å²) in [5.41, 5.74) is 1.22. The Morgan fingerprint density at radius 3 is 2.53 bits per heavy atom. The summed E-state index contributed by atoms with van der Waals surface area (Å²) in [6, 6.07) is 0. The van der Waals surface area contributed by atoms with E-state index in [-0.39, 0.29) is 6.09 Å². The van der Waals surface area contributed by atoms with Crippen molar-refractivity contribution in [2.75, 3.05) is 31.1 Å². The van der Waals surface area contributed by atoms with Crippen molar-refractivity contribution in [3.05, 3.63) is 15.7 Å². The molecule has 1 atom stereocenters. The fourth-order valence-electron chi connectivity index (χ4n) is 4.74. The van der Waals surface area contributed by atoms with E-state index in [9.17, 15) is 4.79 Å². The second kappa shape index (κ2) is 8.64. The molecule has 2 aromatic heterocycles. The van der Waals surface area contributed by atoms with Crippen LogP contribution in [-0.2, 0) is 17.6 Å². The van der Waals surface area contributed by atoms with Gasteiger partial charge in [-0.15, -0.1) is 11.3 Å². The van der Waals surface area contributed by atoms with Crippen molar-refractivity contribution in [2.24, 2.45) is 11.3 Å². The van der Waals surface area contributed by atoms with Gasteiger partial charge in [-0.3, -0.25) is 0 Å². The summed E-state index contributed by atoms with van der Waals surface area (Å²) in [4.78, 5) is 28.4. The van der Waals surface area contributed by atoms with Gasteiger partial charge in [0.05, 0.1) is 5.39 Å². The van der Waals surface area contributed by atoms with Crippen molar-refractivity contribution < 1.29 is 9.53 Å². The number of hydrogen-bond donors (Lipinski definition) is 0. The highest BCUT2D eigenvalue weighted by molar-refractivity contribution is 7.19. The van der Waals surface area contributed by atoms with Gasteiger partial charge in [0.2, 0.25) is 5.28 Å². The van der Waals surface area contributed by atoms with Crippen LogP contribution in [0.1, 0.15) is 64.8 Å². The molecule has 0 aromatic carbocycles. The van der Waals surface area contributed by atoms with Crippen molar-refractivity contribution >= 4 is 45.1 Å². The standard InChI is InChI=1S/C24H35ClN4O2S/c1-23(2,3)15-8-9-16-17(14-15)32-20-18(16)19(26-21(25)27-20)28-10-7-11-29(13-12-28)22(30)31-24(4,5)6/h15H,7-14H2,1-6H3. The highest BCUT2D eigenvalue weighted by Crippen LogP contribution is 2.45. The second-order valence-corrected chi connectivity index (χ2v) is 12.5. The smallest absolute Gasteiger partial charge is 0.410 e. The lowest BCUT2D eigenvalue weighted by Crippen LogP contribution is -2.39. The molecule has 4 rings (SSSR count). The monoisotopic (exact) mass is 478 g/mol. The summed E-state index contributed by atoms with van der Waals surface area (Å²) in [6.45, 7) is 15.5. The molecule has 176 valence electrons. The average Bonchev–Trinajstić information content (AvgIpc) is 2.85. The van der Waals surface area contributed by atoms with E-state index >= 15 is 0 Å². The van der Waals surface area contributed by atoms with Gasteiger partial charge in [-0.2, -0.15) is 4.98 Å². The van der Waals surface area contributed by atoms with Crippen LogP contribution in [0.5, 0.6) is 0 Å². The van der Waals surface area contributed by atoms with Gasteiger partial charge < -0.3 is 14.5 Å². The van der Waals surface area contributed by atoms with E-state index in [4.69, 9.17) is 21.3 Å². The lowest BCUT2D eigenvalue weighted by atomic mass is 9.72. The van der Waals surface area contributed by atoms with E-state index in [2.05, 4.69) is 30.7 Å². The molecule has 0 bridgehead atoms. The van der Waals surface area contributed by atoms with Crippen molar-refractivity contribution in [1.82, 2.24) is 14.9 Å². The van der Waals surface area contributed by atoms with E-state index < -0.39 is 5.60 Å². The summed E-state index contributed by atoms with van der Waals surface area (Å²) in [7, 11) is 0. The first-order valence-corrected chi connectivity index (χ1v) is 12.8. The zero-order valence-corrected chi connectivity index (χ0v) is 21.7. The molecule has 0 N–H and O–H groups in total. The van der Waals surface area contributed by atoms with E-state index in [0.717, 1.165) is 36.5 Å². The molecule has 1 aliphatic heterocycles. The molecule has 0 radical (unpaired) electrons. The van der Waals surface area contributed by atoms with Gasteiger partial charge in [-0.1, -0.05) is 20.8 Å². The number of rotatable bonds is 1. The number of thiophene rings is 1. The van der Waals surface area contributed by atoms with Gasteiger partial charge in [0.15, 0.2) is 0 Å². The zero-order valence-electron chi connectivity index (χ0n) is 20.1. The van der Waals surface area contributed by atoms with Gasteiger partial charge in [-0.25, -0.2) is 9.78 Å². The van der Waals surface area contributed by atoms with Crippen molar-refractivity contribution in [3.63, 3.8) is 0 Å². The predicted molar refractivity (Wildman–Crippen MR) is 132 cm³/mol. The third kappa shape index (κ3) is 4.98. The number of anilines is 1. The third-order valence-corrected chi connectivity index (χ3v) is 7.85. The third-order valence-electron chi connectivity index (χ3n) is 6.53. The Hall–Kier alpha value is -1.60. The minimum absolute atomic E-state index is 0.244. The van der Waals surface area contributed by atoms with E-state index in [1.807, 2.05) is 25.7 Å². The molecule has 6 nitrogen and oxygen atoms in total. The Morgan fingerprint density at radius 1 is 1.09 bits per heavy atom. The van der Waals surface area contributed by atoms with E-state index in [1.54, 1.807) is 11.3 Å². The minimum atomic E-state index is -0.490. The van der Waals surface area contributed by atoms with Crippen LogP contribution in [0.2, 0.25) is 5.28 Å². The van der Waals surface area contributed by atoms with Gasteiger partial charge in [-0.05, 0) is 75.0 Å². The Kier molecular flexibility index (Phi) is 6.36. The molecular formula is C24H35ClN4O2S. The topological polar surface area (TPSA) is 58.6 Å². The summed E-state index contributed by atoms with van der Waals surface area (Å²) in [6.07, 6.45) is 3.97. The first-order valence-electron chi connectivity index (χ1n) is 11.6. The number of halogens is 1. The number of aryl methyl sites for hydroxylation is 1. The second-order valence-electron chi connectivity index (χ2n) is 11.1. The maximum absolute atomic E-state index is 12.6. The first kappa shape index (κ1) is 23.6. The molecule has 1 amide bonds. The van der Waals surface area contributed by atoms with Crippen molar-refractivity contribution in [1.29, 1.82) is 0 Å². The summed E-state index contributed by atoms with van der Waals surface area (Å²) in [5.74, 6) is 1.60. The normalized spacial score (nSPS) is 20.3. The van der Waals surface area contributed by atoms with Crippen LogP contribution in [0, 0.1) is 11.3 Å². The van der Waals surface area contributed by atoms with Crippen molar-refractivity contribution in [2.45, 2.75) is 72.8 Å². The molecule has 1 aliphatic carbocycles. The summed E-state index contributed by atoms with van der Waals surface area (Å²) < 4.78 is 5.59. The molecule has 2 aliphatic rings. The molecule has 3 heterocycles. The van der Waals surface area contributed by atoms with Crippen LogP contribution in [0.25, 0.3) is 10.2 Å². The maximum atomic E-state index is 12.6. The SMILES string of the molecule is CC(C)(C)OC(=O)N1CCCN(c2nc(Cl)nc3sc4c(c23)CCC(C(C)(C)C)C4)CC1. The molecule has 1 saturated heterocycles. The maximum Gasteiger partial charge on any atom is 0.410 e. The molecule has 0 spiro atoms. The lowest BCUT2D eigenvalue weighted by molar-refractivity contribution is 0.0263. The molecule has 2 aromatic rings. The number of hydrogen-bond acceptors (Lipinski definition) is 6. The predicted octanol–water partition coefficient (Wildman–Crippen LogP) is 5.94. The number of aromatic nitrogens is 2. The van der Waals surface area contributed by atoms with E-state index in [1.165, 1.54) is 22.2 Å². The number of nitrogens with zero attached hydrogens (tertiary/aromatic N) is 4. The van der Waals surface area contributed by atoms with E-state index in [0.29, 0.717) is 36.3 Å². The van der Waals surface area contributed by atoms with Crippen molar-refractivity contribution in [3.8, 4) is 0 Å². The number of carbonyl (C=O) groups excluding carboxylic acids is 1. The molecule has 0 saturated carbocycles. The Balaban J connectivity index is 1.61. The molecular weight excluding hydrogens is 444 g/mol. The molecule has 1 fully saturated rings. The Bertz CT molecular complexity index is 1010. The molecule has 1 unspecified atom stereocenters. The summed E-state index contributed by atoms with van der Waals surface area (Å²) in [5, 5.41) is 1.47. The molecule has 32 heavy (non-hydrogen) atoms. The largest absolute Gasteiger partial charge is 0.444 e. The van der Waals surface area contributed by atoms with Crippen LogP contribution in [-0.4, -0.2) is 52.7 Å². The zero-order chi connectivity index (χ0) is 23.3. The summed E-state index contributed by atoms with van der Waals surface area (Å²) >= 11 is 8.16. The first-order chi connectivity index (χ1) is 14.9. The van der Waals surface area contributed by atoms with Crippen LogP contribution in [0.4, 0.5) is 10.6 Å². The number of ether oxygens (including phenoxy) is 1. The Labute approximate surface area is 200 Å². The number of fused-ring (bicyclic) bond motifs is 3. The highest BCUT2D eigenvalue weighted by atomic mass is 35.5. The fourth-order valence-corrected chi connectivity index (χ4v) is 6.25. The lowest BCUT2D eigenvalue weighted by Gasteiger charge is -2.34. The molecule has 8 heteroatoms.